The molecular formula is C22H22N2O3S. The van der Waals surface area contributed by atoms with Crippen molar-refractivity contribution in [1.82, 2.24) is 4.98 Å². The molecule has 1 aromatic heterocycles. The van der Waals surface area contributed by atoms with E-state index in [0.29, 0.717) is 17.4 Å². The lowest BCUT2D eigenvalue weighted by molar-refractivity contribution is -0.116. The molecule has 4 rings (SSSR count). The van der Waals surface area contributed by atoms with Gasteiger partial charge in [0.2, 0.25) is 11.8 Å². The number of benzene rings is 2. The Morgan fingerprint density at radius 1 is 1.21 bits per heavy atom. The second-order valence-corrected chi connectivity index (χ2v) is 7.65. The number of fused-ring (bicyclic) bond motifs is 1. The van der Waals surface area contributed by atoms with Gasteiger partial charge in [-0.1, -0.05) is 18.2 Å². The van der Waals surface area contributed by atoms with Gasteiger partial charge in [0.25, 0.3) is 0 Å². The van der Waals surface area contributed by atoms with Crippen LogP contribution in [0.1, 0.15) is 17.0 Å². The molecule has 2 heterocycles. The third-order valence-corrected chi connectivity index (χ3v) is 5.81. The van der Waals surface area contributed by atoms with Crippen LogP contribution in [0.4, 0.5) is 5.69 Å². The van der Waals surface area contributed by atoms with E-state index in [-0.39, 0.29) is 5.91 Å². The molecule has 5 nitrogen and oxygen atoms in total. The standard InChI is InChI=1S/C22H22N2O3S/c1-15-19(23-22(27-15)17-7-9-18(26-2)10-8-17)13-28-14-21(25)24-12-11-16-5-3-4-6-20(16)24/h3-10H,11-14H2,1-2H3. The predicted octanol–water partition coefficient (Wildman–Crippen LogP) is 4.48. The third kappa shape index (κ3) is 3.78. The van der Waals surface area contributed by atoms with Crippen molar-refractivity contribution in [2.45, 2.75) is 19.1 Å². The Morgan fingerprint density at radius 3 is 2.79 bits per heavy atom. The molecule has 0 atom stereocenters. The Hall–Kier alpha value is -2.73. The first-order valence-electron chi connectivity index (χ1n) is 9.22. The second kappa shape index (κ2) is 8.10. The van der Waals surface area contributed by atoms with Gasteiger partial charge in [0, 0.05) is 23.5 Å². The van der Waals surface area contributed by atoms with Gasteiger partial charge in [-0.25, -0.2) is 4.98 Å². The van der Waals surface area contributed by atoms with E-state index >= 15 is 0 Å². The number of carbonyl (C=O) groups is 1. The lowest BCUT2D eigenvalue weighted by Crippen LogP contribution is -2.30. The smallest absolute Gasteiger partial charge is 0.237 e. The number of aromatic nitrogens is 1. The number of oxazole rings is 1. The fourth-order valence-corrected chi connectivity index (χ4v) is 4.22. The van der Waals surface area contributed by atoms with E-state index in [2.05, 4.69) is 11.1 Å². The largest absolute Gasteiger partial charge is 0.497 e. The van der Waals surface area contributed by atoms with Gasteiger partial charge < -0.3 is 14.1 Å². The van der Waals surface area contributed by atoms with Gasteiger partial charge in [-0.2, -0.15) is 0 Å². The normalized spacial score (nSPS) is 12.9. The number of carbonyl (C=O) groups excluding carboxylic acids is 1. The number of hydrogen-bond acceptors (Lipinski definition) is 5. The Balaban J connectivity index is 1.36. The van der Waals surface area contributed by atoms with Gasteiger partial charge in [-0.15, -0.1) is 11.8 Å². The van der Waals surface area contributed by atoms with Crippen molar-refractivity contribution in [3.8, 4) is 17.2 Å². The van der Waals surface area contributed by atoms with Crippen LogP contribution >= 0.6 is 11.8 Å². The maximum Gasteiger partial charge on any atom is 0.237 e. The van der Waals surface area contributed by atoms with E-state index in [9.17, 15) is 4.79 Å². The van der Waals surface area contributed by atoms with Gasteiger partial charge in [0.15, 0.2) is 0 Å². The Bertz CT molecular complexity index is 982. The summed E-state index contributed by atoms with van der Waals surface area (Å²) in [6.07, 6.45) is 0.931. The van der Waals surface area contributed by atoms with Gasteiger partial charge in [0.1, 0.15) is 11.5 Å². The van der Waals surface area contributed by atoms with Gasteiger partial charge in [0.05, 0.1) is 18.6 Å². The number of nitrogens with zero attached hydrogens (tertiary/aromatic N) is 2. The highest BCUT2D eigenvalue weighted by Crippen LogP contribution is 2.29. The molecule has 3 aromatic rings. The number of amides is 1. The highest BCUT2D eigenvalue weighted by Gasteiger charge is 2.24. The van der Waals surface area contributed by atoms with Gasteiger partial charge in [-0.05, 0) is 49.2 Å². The van der Waals surface area contributed by atoms with Crippen LogP contribution in [0, 0.1) is 6.92 Å². The number of anilines is 1. The zero-order valence-corrected chi connectivity index (χ0v) is 16.8. The monoisotopic (exact) mass is 394 g/mol. The van der Waals surface area contributed by atoms with E-state index in [0.717, 1.165) is 41.4 Å². The maximum absolute atomic E-state index is 12.6. The molecule has 0 saturated carbocycles. The SMILES string of the molecule is COc1ccc(-c2nc(CSCC(=O)N3CCc4ccccc43)c(C)o2)cc1. The summed E-state index contributed by atoms with van der Waals surface area (Å²) < 4.78 is 11.0. The zero-order chi connectivity index (χ0) is 19.5. The molecule has 1 amide bonds. The molecule has 1 aliphatic rings. The van der Waals surface area contributed by atoms with Crippen LogP contribution in [-0.2, 0) is 17.0 Å². The lowest BCUT2D eigenvalue weighted by atomic mass is 10.2. The Labute approximate surface area is 168 Å². The summed E-state index contributed by atoms with van der Waals surface area (Å²) in [4.78, 5) is 19.1. The molecule has 0 fully saturated rings. The first kappa shape index (κ1) is 18.6. The van der Waals surface area contributed by atoms with Crippen LogP contribution in [0.3, 0.4) is 0 Å². The predicted molar refractivity (Wildman–Crippen MR) is 112 cm³/mol. The van der Waals surface area contributed by atoms with E-state index < -0.39 is 0 Å². The summed E-state index contributed by atoms with van der Waals surface area (Å²) in [5.41, 5.74) is 4.08. The second-order valence-electron chi connectivity index (χ2n) is 6.67. The van der Waals surface area contributed by atoms with Crippen LogP contribution < -0.4 is 9.64 Å². The van der Waals surface area contributed by atoms with E-state index in [1.165, 1.54) is 5.56 Å². The first-order valence-corrected chi connectivity index (χ1v) is 10.4. The molecular weight excluding hydrogens is 372 g/mol. The fourth-order valence-electron chi connectivity index (χ4n) is 3.33. The highest BCUT2D eigenvalue weighted by molar-refractivity contribution is 7.99. The molecule has 1 aliphatic heterocycles. The number of rotatable bonds is 6. The van der Waals surface area contributed by atoms with Gasteiger partial charge in [-0.3, -0.25) is 4.79 Å². The number of aryl methyl sites for hydroxylation is 1. The molecule has 0 N–H and O–H groups in total. The number of para-hydroxylation sites is 1. The van der Waals surface area contributed by atoms with E-state index in [4.69, 9.17) is 9.15 Å². The molecule has 0 bridgehead atoms. The van der Waals surface area contributed by atoms with Gasteiger partial charge >= 0.3 is 0 Å². The summed E-state index contributed by atoms with van der Waals surface area (Å²) in [7, 11) is 1.64. The minimum atomic E-state index is 0.145. The lowest BCUT2D eigenvalue weighted by Gasteiger charge is -2.16. The topological polar surface area (TPSA) is 55.6 Å². The highest BCUT2D eigenvalue weighted by atomic mass is 32.2. The average molecular weight is 394 g/mol. The molecule has 28 heavy (non-hydrogen) atoms. The molecule has 0 unspecified atom stereocenters. The average Bonchev–Trinajstić information content (AvgIpc) is 3.32. The first-order chi connectivity index (χ1) is 13.7. The minimum Gasteiger partial charge on any atom is -0.497 e. The van der Waals surface area contributed by atoms with Crippen molar-refractivity contribution >= 4 is 23.4 Å². The molecule has 0 saturated heterocycles. The zero-order valence-electron chi connectivity index (χ0n) is 16.0. The van der Waals surface area contributed by atoms with Crippen molar-refractivity contribution in [3.63, 3.8) is 0 Å². The van der Waals surface area contributed by atoms with Crippen LogP contribution in [0.15, 0.2) is 52.9 Å². The molecule has 0 spiro atoms. The molecule has 2 aromatic carbocycles. The summed E-state index contributed by atoms with van der Waals surface area (Å²) >= 11 is 1.57. The number of thioether (sulfide) groups is 1. The third-order valence-electron chi connectivity index (χ3n) is 4.88. The van der Waals surface area contributed by atoms with Crippen molar-refractivity contribution in [3.05, 3.63) is 65.5 Å². The maximum atomic E-state index is 12.6. The molecule has 0 radical (unpaired) electrons. The van der Waals surface area contributed by atoms with Crippen molar-refractivity contribution < 1.29 is 13.9 Å². The Kier molecular flexibility index (Phi) is 5.39. The quantitative estimate of drug-likeness (QED) is 0.617. The fraction of sp³-hybridized carbons (Fsp3) is 0.273. The minimum absolute atomic E-state index is 0.145. The summed E-state index contributed by atoms with van der Waals surface area (Å²) in [6.45, 7) is 2.68. The number of ether oxygens (including phenoxy) is 1. The van der Waals surface area contributed by atoms with Crippen LogP contribution in [0.2, 0.25) is 0 Å². The number of hydrogen-bond donors (Lipinski definition) is 0. The summed E-state index contributed by atoms with van der Waals surface area (Å²) in [5.74, 6) is 3.40. The van der Waals surface area contributed by atoms with E-state index in [1.54, 1.807) is 18.9 Å². The molecule has 0 aliphatic carbocycles. The Morgan fingerprint density at radius 2 is 2.00 bits per heavy atom. The van der Waals surface area contributed by atoms with Crippen molar-refractivity contribution in [2.24, 2.45) is 0 Å². The molecule has 144 valence electrons. The summed E-state index contributed by atoms with van der Waals surface area (Å²) in [5, 5.41) is 0. The van der Waals surface area contributed by atoms with Crippen molar-refractivity contribution in [2.75, 3.05) is 24.3 Å². The van der Waals surface area contributed by atoms with Crippen LogP contribution in [-0.4, -0.2) is 30.3 Å². The molecule has 6 heteroatoms. The van der Waals surface area contributed by atoms with E-state index in [1.807, 2.05) is 54.3 Å². The van der Waals surface area contributed by atoms with Crippen molar-refractivity contribution in [1.29, 1.82) is 0 Å². The van der Waals surface area contributed by atoms with Crippen LogP contribution in [0.25, 0.3) is 11.5 Å². The summed E-state index contributed by atoms with van der Waals surface area (Å²) in [6, 6.07) is 15.7. The number of methoxy groups -OCH3 is 1. The van der Waals surface area contributed by atoms with Crippen LogP contribution in [0.5, 0.6) is 5.75 Å².